The van der Waals surface area contributed by atoms with Crippen LogP contribution < -0.4 is 10.9 Å². The van der Waals surface area contributed by atoms with Gasteiger partial charge in [-0.2, -0.15) is 5.10 Å². The minimum Gasteiger partial charge on any atom is -0.382 e. The minimum atomic E-state index is -0.272. The van der Waals surface area contributed by atoms with Crippen LogP contribution in [0.4, 0.5) is 5.69 Å². The summed E-state index contributed by atoms with van der Waals surface area (Å²) in [6.45, 7) is 5.09. The zero-order valence-electron chi connectivity index (χ0n) is 9.25. The number of rotatable bonds is 4. The van der Waals surface area contributed by atoms with Crippen molar-refractivity contribution in [1.29, 1.82) is 0 Å². The third-order valence-electron chi connectivity index (χ3n) is 2.12. The molecule has 0 aliphatic heterocycles. The monoisotopic (exact) mass is 229 g/mol. The molecule has 1 aromatic heterocycles. The Morgan fingerprint density at radius 1 is 1.60 bits per heavy atom. The van der Waals surface area contributed by atoms with Gasteiger partial charge in [-0.05, 0) is 12.3 Å². The van der Waals surface area contributed by atoms with Gasteiger partial charge in [-0.1, -0.05) is 25.4 Å². The highest BCUT2D eigenvalue weighted by atomic mass is 35.5. The van der Waals surface area contributed by atoms with E-state index in [1.54, 1.807) is 13.2 Å². The zero-order valence-corrected chi connectivity index (χ0v) is 10.0. The van der Waals surface area contributed by atoms with Crippen LogP contribution in [-0.2, 0) is 7.05 Å². The number of nitrogens with zero attached hydrogens (tertiary/aromatic N) is 2. The van der Waals surface area contributed by atoms with Crippen LogP contribution >= 0.6 is 11.6 Å². The fourth-order valence-corrected chi connectivity index (χ4v) is 1.37. The fraction of sp³-hybridized carbons (Fsp3) is 0.600. The minimum absolute atomic E-state index is 0.205. The van der Waals surface area contributed by atoms with Crippen molar-refractivity contribution in [3.8, 4) is 0 Å². The van der Waals surface area contributed by atoms with Gasteiger partial charge in [-0.15, -0.1) is 0 Å². The topological polar surface area (TPSA) is 46.9 Å². The lowest BCUT2D eigenvalue weighted by atomic mass is 10.1. The number of halogens is 1. The summed E-state index contributed by atoms with van der Waals surface area (Å²) < 4.78 is 1.22. The van der Waals surface area contributed by atoms with Crippen molar-refractivity contribution in [3.63, 3.8) is 0 Å². The molecule has 0 saturated heterocycles. The van der Waals surface area contributed by atoms with Gasteiger partial charge in [-0.3, -0.25) is 4.79 Å². The molecule has 0 unspecified atom stereocenters. The van der Waals surface area contributed by atoms with E-state index in [0.717, 1.165) is 13.0 Å². The second-order valence-electron chi connectivity index (χ2n) is 3.91. The van der Waals surface area contributed by atoms with Gasteiger partial charge >= 0.3 is 0 Å². The predicted octanol–water partition coefficient (Wildman–Crippen LogP) is 1.89. The summed E-state index contributed by atoms with van der Waals surface area (Å²) in [5.41, 5.74) is 0.339. The van der Waals surface area contributed by atoms with Gasteiger partial charge in [0.15, 0.2) is 0 Å². The van der Waals surface area contributed by atoms with E-state index in [2.05, 4.69) is 24.3 Å². The van der Waals surface area contributed by atoms with Crippen LogP contribution in [0.15, 0.2) is 11.0 Å². The van der Waals surface area contributed by atoms with Crippen LogP contribution in [0.3, 0.4) is 0 Å². The lowest BCUT2D eigenvalue weighted by Gasteiger charge is -2.09. The summed E-state index contributed by atoms with van der Waals surface area (Å²) >= 11 is 5.88. The fourth-order valence-electron chi connectivity index (χ4n) is 1.13. The number of aryl methyl sites for hydroxylation is 1. The van der Waals surface area contributed by atoms with Gasteiger partial charge in [0.2, 0.25) is 0 Å². The summed E-state index contributed by atoms with van der Waals surface area (Å²) in [6, 6.07) is 0. The van der Waals surface area contributed by atoms with E-state index in [0.29, 0.717) is 11.6 Å². The third kappa shape index (κ3) is 3.23. The molecular formula is C10H16ClN3O. The summed E-state index contributed by atoms with van der Waals surface area (Å²) in [4.78, 5) is 11.4. The average Bonchev–Trinajstić information content (AvgIpc) is 2.18. The Labute approximate surface area is 94.3 Å². The lowest BCUT2D eigenvalue weighted by molar-refractivity contribution is 0.606. The highest BCUT2D eigenvalue weighted by Crippen LogP contribution is 2.15. The molecule has 0 amide bonds. The first-order valence-electron chi connectivity index (χ1n) is 4.98. The summed E-state index contributed by atoms with van der Waals surface area (Å²) in [7, 11) is 1.58. The first-order chi connectivity index (χ1) is 7.02. The number of hydrogen-bond acceptors (Lipinski definition) is 3. The van der Waals surface area contributed by atoms with Crippen LogP contribution in [-0.4, -0.2) is 16.3 Å². The molecule has 0 saturated carbocycles. The van der Waals surface area contributed by atoms with Crippen molar-refractivity contribution in [2.75, 3.05) is 11.9 Å². The van der Waals surface area contributed by atoms with Gasteiger partial charge in [0, 0.05) is 13.6 Å². The van der Waals surface area contributed by atoms with Crippen molar-refractivity contribution in [2.45, 2.75) is 20.3 Å². The molecule has 1 N–H and O–H groups in total. The van der Waals surface area contributed by atoms with E-state index in [4.69, 9.17) is 11.6 Å². The molecule has 1 aromatic rings. The van der Waals surface area contributed by atoms with E-state index in [9.17, 15) is 4.79 Å². The van der Waals surface area contributed by atoms with Crippen LogP contribution in [0.1, 0.15) is 20.3 Å². The molecule has 0 radical (unpaired) electrons. The molecule has 4 nitrogen and oxygen atoms in total. The molecule has 0 fully saturated rings. The average molecular weight is 230 g/mol. The molecular weight excluding hydrogens is 214 g/mol. The van der Waals surface area contributed by atoms with Gasteiger partial charge in [0.25, 0.3) is 5.56 Å². The molecule has 0 aliphatic rings. The molecule has 0 spiro atoms. The Bertz CT molecular complexity index is 387. The quantitative estimate of drug-likeness (QED) is 0.858. The maximum absolute atomic E-state index is 11.4. The summed E-state index contributed by atoms with van der Waals surface area (Å²) in [6.07, 6.45) is 2.61. The molecule has 15 heavy (non-hydrogen) atoms. The van der Waals surface area contributed by atoms with E-state index < -0.39 is 0 Å². The van der Waals surface area contributed by atoms with Gasteiger partial charge in [-0.25, -0.2) is 4.68 Å². The molecule has 0 aromatic carbocycles. The van der Waals surface area contributed by atoms with Gasteiger partial charge < -0.3 is 5.32 Å². The molecule has 0 atom stereocenters. The number of aromatic nitrogens is 2. The van der Waals surface area contributed by atoms with Crippen molar-refractivity contribution < 1.29 is 0 Å². The maximum Gasteiger partial charge on any atom is 0.287 e. The van der Waals surface area contributed by atoms with Crippen LogP contribution in [0.2, 0.25) is 5.02 Å². The van der Waals surface area contributed by atoms with Crippen LogP contribution in [0.5, 0.6) is 0 Å². The normalized spacial score (nSPS) is 10.7. The Hall–Kier alpha value is -1.03. The standard InChI is InChI=1S/C10H16ClN3O/c1-7(2)4-5-12-8-6-13-14(3)10(15)9(8)11/h6-7,12H,4-5H2,1-3H3. The van der Waals surface area contributed by atoms with E-state index in [-0.39, 0.29) is 10.6 Å². The largest absolute Gasteiger partial charge is 0.382 e. The molecule has 1 heterocycles. The Kier molecular flexibility index (Phi) is 4.15. The predicted molar refractivity (Wildman–Crippen MR) is 62.4 cm³/mol. The number of anilines is 1. The molecule has 0 aliphatic carbocycles. The Morgan fingerprint density at radius 3 is 2.87 bits per heavy atom. The van der Waals surface area contributed by atoms with E-state index >= 15 is 0 Å². The Morgan fingerprint density at radius 2 is 2.27 bits per heavy atom. The van der Waals surface area contributed by atoms with Crippen molar-refractivity contribution in [2.24, 2.45) is 13.0 Å². The second kappa shape index (κ2) is 5.16. The number of hydrogen-bond donors (Lipinski definition) is 1. The first-order valence-corrected chi connectivity index (χ1v) is 5.36. The lowest BCUT2D eigenvalue weighted by Crippen LogP contribution is -2.21. The van der Waals surface area contributed by atoms with Crippen molar-refractivity contribution in [1.82, 2.24) is 9.78 Å². The molecule has 84 valence electrons. The zero-order chi connectivity index (χ0) is 11.4. The molecule has 0 bridgehead atoms. The summed E-state index contributed by atoms with van der Waals surface area (Å²) in [5, 5.41) is 7.20. The number of nitrogens with one attached hydrogen (secondary N) is 1. The van der Waals surface area contributed by atoms with Crippen molar-refractivity contribution >= 4 is 17.3 Å². The maximum atomic E-state index is 11.4. The van der Waals surface area contributed by atoms with Crippen molar-refractivity contribution in [3.05, 3.63) is 21.6 Å². The van der Waals surface area contributed by atoms with E-state index in [1.807, 2.05) is 0 Å². The third-order valence-corrected chi connectivity index (χ3v) is 2.48. The SMILES string of the molecule is CC(C)CCNc1cnn(C)c(=O)c1Cl. The smallest absolute Gasteiger partial charge is 0.287 e. The second-order valence-corrected chi connectivity index (χ2v) is 4.29. The summed E-state index contributed by atoms with van der Waals surface area (Å²) in [5.74, 6) is 0.621. The van der Waals surface area contributed by atoms with Gasteiger partial charge in [0.1, 0.15) is 5.02 Å². The first kappa shape index (κ1) is 12.0. The van der Waals surface area contributed by atoms with Crippen LogP contribution in [0, 0.1) is 5.92 Å². The highest BCUT2D eigenvalue weighted by molar-refractivity contribution is 6.32. The Balaban J connectivity index is 2.71. The van der Waals surface area contributed by atoms with Gasteiger partial charge in [0.05, 0.1) is 11.9 Å². The highest BCUT2D eigenvalue weighted by Gasteiger charge is 2.06. The van der Waals surface area contributed by atoms with Crippen LogP contribution in [0.25, 0.3) is 0 Å². The molecule has 1 rings (SSSR count). The molecule has 5 heteroatoms. The van der Waals surface area contributed by atoms with E-state index in [1.165, 1.54) is 4.68 Å².